The molecule has 1 aromatic carbocycles. The van der Waals surface area contributed by atoms with Crippen LogP contribution in [0.25, 0.3) is 0 Å². The van der Waals surface area contributed by atoms with Crippen LogP contribution in [0.2, 0.25) is 0 Å². The van der Waals surface area contributed by atoms with Crippen LogP contribution >= 0.6 is 24.0 Å². The Morgan fingerprint density at radius 1 is 1.12 bits per heavy atom. The summed E-state index contributed by atoms with van der Waals surface area (Å²) in [6.07, 6.45) is 9.78. The highest BCUT2D eigenvalue weighted by atomic mass is 127. The fourth-order valence-electron chi connectivity index (χ4n) is 4.85. The van der Waals surface area contributed by atoms with Crippen molar-refractivity contribution in [2.75, 3.05) is 39.9 Å². The summed E-state index contributed by atoms with van der Waals surface area (Å²) in [6.45, 7) is 6.15. The average molecular weight is 553 g/mol. The van der Waals surface area contributed by atoms with Gasteiger partial charge in [0, 0.05) is 38.8 Å². The van der Waals surface area contributed by atoms with Gasteiger partial charge in [0.1, 0.15) is 12.7 Å². The minimum atomic E-state index is 0. The highest BCUT2D eigenvalue weighted by molar-refractivity contribution is 14.0. The molecular weight excluding hydrogens is 517 g/mol. The second-order valence-corrected chi connectivity index (χ2v) is 8.58. The van der Waals surface area contributed by atoms with Gasteiger partial charge in [-0.3, -0.25) is 9.89 Å². The monoisotopic (exact) mass is 553 g/mol. The van der Waals surface area contributed by atoms with Gasteiger partial charge in [0.15, 0.2) is 5.96 Å². The third kappa shape index (κ3) is 6.64. The van der Waals surface area contributed by atoms with Crippen molar-refractivity contribution in [3.63, 3.8) is 0 Å². The molecule has 0 radical (unpaired) electrons. The number of aliphatic imine (C=N–C) groups is 1. The molecular formula is C23H36IN7O. The van der Waals surface area contributed by atoms with E-state index in [1.165, 1.54) is 43.2 Å². The van der Waals surface area contributed by atoms with Crippen LogP contribution in [0.4, 0.5) is 0 Å². The predicted molar refractivity (Wildman–Crippen MR) is 137 cm³/mol. The molecule has 1 saturated heterocycles. The number of halogens is 1. The number of ether oxygens (including phenoxy) is 1. The molecule has 2 fully saturated rings. The molecule has 32 heavy (non-hydrogen) atoms. The molecule has 4 rings (SSSR count). The van der Waals surface area contributed by atoms with Crippen molar-refractivity contribution in [3.8, 4) is 0 Å². The summed E-state index contributed by atoms with van der Waals surface area (Å²) in [5.74, 6) is 0.861. The first-order chi connectivity index (χ1) is 15.3. The van der Waals surface area contributed by atoms with Crippen LogP contribution in [0, 0.1) is 0 Å². The molecule has 9 heteroatoms. The number of guanidine groups is 1. The van der Waals surface area contributed by atoms with E-state index >= 15 is 0 Å². The summed E-state index contributed by atoms with van der Waals surface area (Å²) in [5, 5.41) is 11.3. The van der Waals surface area contributed by atoms with Crippen molar-refractivity contribution in [3.05, 3.63) is 48.0 Å². The van der Waals surface area contributed by atoms with Gasteiger partial charge in [-0.2, -0.15) is 5.10 Å². The van der Waals surface area contributed by atoms with Crippen LogP contribution in [-0.2, 0) is 17.8 Å². The molecule has 2 aliphatic rings. The molecule has 176 valence electrons. The molecule has 0 bridgehead atoms. The van der Waals surface area contributed by atoms with E-state index in [0.29, 0.717) is 0 Å². The zero-order valence-electron chi connectivity index (χ0n) is 19.0. The van der Waals surface area contributed by atoms with Crippen molar-refractivity contribution in [2.45, 2.75) is 50.7 Å². The largest absolute Gasteiger partial charge is 0.379 e. The van der Waals surface area contributed by atoms with Crippen molar-refractivity contribution >= 4 is 29.9 Å². The molecule has 0 spiro atoms. The van der Waals surface area contributed by atoms with E-state index in [1.54, 1.807) is 12.7 Å². The number of morpholine rings is 1. The standard InChI is InChI=1S/C23H35N7O.HI/c1-24-22(26-15-20-6-5-7-21(14-20)16-30-19-25-18-28-30)27-17-23(8-3-2-4-9-23)29-10-12-31-13-11-29;/h5-7,14,18-19H,2-4,8-13,15-17H2,1H3,(H2,24,26,27);1H. The lowest BCUT2D eigenvalue weighted by molar-refractivity contribution is -0.0352. The Bertz CT molecular complexity index is 831. The zero-order valence-corrected chi connectivity index (χ0v) is 21.3. The average Bonchev–Trinajstić information content (AvgIpc) is 3.34. The van der Waals surface area contributed by atoms with Gasteiger partial charge >= 0.3 is 0 Å². The summed E-state index contributed by atoms with van der Waals surface area (Å²) in [5.41, 5.74) is 2.65. The number of nitrogens with zero attached hydrogens (tertiary/aromatic N) is 5. The maximum absolute atomic E-state index is 5.61. The second-order valence-electron chi connectivity index (χ2n) is 8.58. The van der Waals surface area contributed by atoms with E-state index in [9.17, 15) is 0 Å². The smallest absolute Gasteiger partial charge is 0.191 e. The van der Waals surface area contributed by atoms with Gasteiger partial charge in [0.25, 0.3) is 0 Å². The Balaban J connectivity index is 0.00000289. The quantitative estimate of drug-likeness (QED) is 0.312. The molecule has 2 aromatic rings. The number of hydrogen-bond acceptors (Lipinski definition) is 5. The number of hydrogen-bond donors (Lipinski definition) is 2. The molecule has 0 unspecified atom stereocenters. The number of nitrogens with one attached hydrogen (secondary N) is 2. The van der Waals surface area contributed by atoms with E-state index in [0.717, 1.165) is 51.9 Å². The van der Waals surface area contributed by atoms with Crippen LogP contribution in [0.1, 0.15) is 43.2 Å². The van der Waals surface area contributed by atoms with E-state index in [1.807, 2.05) is 11.7 Å². The fraction of sp³-hybridized carbons (Fsp3) is 0.609. The summed E-state index contributed by atoms with van der Waals surface area (Å²) in [7, 11) is 1.85. The highest BCUT2D eigenvalue weighted by Gasteiger charge is 2.38. The van der Waals surface area contributed by atoms with Gasteiger partial charge in [0.2, 0.25) is 0 Å². The third-order valence-electron chi connectivity index (χ3n) is 6.54. The Morgan fingerprint density at radius 2 is 1.91 bits per heavy atom. The first-order valence-corrected chi connectivity index (χ1v) is 11.4. The maximum Gasteiger partial charge on any atom is 0.191 e. The van der Waals surface area contributed by atoms with Crippen molar-refractivity contribution in [2.24, 2.45) is 4.99 Å². The molecule has 2 heterocycles. The Hall–Kier alpha value is -1.72. The molecule has 2 N–H and O–H groups in total. The Labute approximate surface area is 208 Å². The molecule has 1 aliphatic carbocycles. The lowest BCUT2D eigenvalue weighted by Crippen LogP contribution is -2.60. The predicted octanol–water partition coefficient (Wildman–Crippen LogP) is 2.64. The van der Waals surface area contributed by atoms with E-state index in [2.05, 4.69) is 54.9 Å². The zero-order chi connectivity index (χ0) is 21.4. The SMILES string of the molecule is CN=C(NCc1cccc(Cn2cncn2)c1)NCC1(N2CCOCC2)CCCCC1.I. The van der Waals surface area contributed by atoms with Gasteiger partial charge in [-0.15, -0.1) is 24.0 Å². The van der Waals surface area contributed by atoms with Crippen LogP contribution in [0.3, 0.4) is 0 Å². The van der Waals surface area contributed by atoms with E-state index < -0.39 is 0 Å². The van der Waals surface area contributed by atoms with E-state index in [4.69, 9.17) is 4.74 Å². The summed E-state index contributed by atoms with van der Waals surface area (Å²) in [6, 6.07) is 8.56. The molecule has 1 aliphatic heterocycles. The molecule has 1 aromatic heterocycles. The van der Waals surface area contributed by atoms with Gasteiger partial charge in [-0.05, 0) is 24.0 Å². The summed E-state index contributed by atoms with van der Waals surface area (Å²) in [4.78, 5) is 11.1. The lowest BCUT2D eigenvalue weighted by atomic mass is 9.80. The molecule has 0 amide bonds. The summed E-state index contributed by atoms with van der Waals surface area (Å²) >= 11 is 0. The minimum absolute atomic E-state index is 0. The van der Waals surface area contributed by atoms with Crippen molar-refractivity contribution in [1.29, 1.82) is 0 Å². The first kappa shape index (κ1) is 24.9. The minimum Gasteiger partial charge on any atom is -0.379 e. The number of rotatable bonds is 7. The fourth-order valence-corrected chi connectivity index (χ4v) is 4.85. The second kappa shape index (κ2) is 12.5. The van der Waals surface area contributed by atoms with Gasteiger partial charge < -0.3 is 15.4 Å². The van der Waals surface area contributed by atoms with Crippen molar-refractivity contribution in [1.82, 2.24) is 30.3 Å². The van der Waals surface area contributed by atoms with E-state index in [-0.39, 0.29) is 29.5 Å². The lowest BCUT2D eigenvalue weighted by Gasteiger charge is -2.48. The van der Waals surface area contributed by atoms with Gasteiger partial charge in [-0.25, -0.2) is 9.67 Å². The maximum atomic E-state index is 5.61. The van der Waals surface area contributed by atoms with Crippen LogP contribution in [0.5, 0.6) is 0 Å². The molecule has 8 nitrogen and oxygen atoms in total. The normalized spacial score (nSPS) is 19.2. The number of aromatic nitrogens is 3. The highest BCUT2D eigenvalue weighted by Crippen LogP contribution is 2.33. The Morgan fingerprint density at radius 3 is 2.62 bits per heavy atom. The molecule has 1 saturated carbocycles. The first-order valence-electron chi connectivity index (χ1n) is 11.4. The topological polar surface area (TPSA) is 79.6 Å². The van der Waals surface area contributed by atoms with Crippen molar-refractivity contribution < 1.29 is 4.74 Å². The van der Waals surface area contributed by atoms with Crippen LogP contribution < -0.4 is 10.6 Å². The molecule has 0 atom stereocenters. The Kier molecular flexibility index (Phi) is 9.73. The third-order valence-corrected chi connectivity index (χ3v) is 6.54. The number of benzene rings is 1. The van der Waals surface area contributed by atoms with Gasteiger partial charge in [0.05, 0.1) is 19.8 Å². The summed E-state index contributed by atoms with van der Waals surface area (Å²) < 4.78 is 7.44. The van der Waals surface area contributed by atoms with Crippen LogP contribution in [-0.4, -0.2) is 71.1 Å². The van der Waals surface area contributed by atoms with Gasteiger partial charge in [-0.1, -0.05) is 43.5 Å². The van der Waals surface area contributed by atoms with Crippen LogP contribution in [0.15, 0.2) is 41.9 Å².